The summed E-state index contributed by atoms with van der Waals surface area (Å²) in [5.74, 6) is 2.50. The van der Waals surface area contributed by atoms with Gasteiger partial charge in [0, 0.05) is 107 Å². The lowest BCUT2D eigenvalue weighted by atomic mass is 10.0. The molecular formula is C101H65N11. The van der Waals surface area contributed by atoms with Crippen LogP contribution in [0.4, 0.5) is 5.69 Å². The third kappa shape index (κ3) is 10.9. The third-order valence-corrected chi connectivity index (χ3v) is 22.0. The van der Waals surface area contributed by atoms with E-state index in [1.165, 1.54) is 16.3 Å². The SMILES string of the molecule is C1=Cc2c(c3ccc(-c4ccc5c6ccc(-c7cnc8c9ccc(-c%10ccc%11c%12ccccc%12n(-c%12ccccc%12)c%11c%10)cc9n(-c9cccc(-c%10cc(-c%11ccccc%11)nc(-c%11ccccc%11)n%10)c9)c8c7)cc6n(-c6ccccc6)c5c4)cc3n2-c2cccc(-c3nc(-c4ccccc4)nc(-c4ccccc4)n3)c2)NC1. The van der Waals surface area contributed by atoms with Crippen LogP contribution in [0, 0.1) is 0 Å². The summed E-state index contributed by atoms with van der Waals surface area (Å²) >= 11 is 0. The number of nitrogens with one attached hydrogen (secondary N) is 1. The van der Waals surface area contributed by atoms with Crippen LogP contribution in [0.3, 0.4) is 0 Å². The van der Waals surface area contributed by atoms with E-state index < -0.39 is 0 Å². The Morgan fingerprint density at radius 1 is 0.232 bits per heavy atom. The van der Waals surface area contributed by atoms with Crippen molar-refractivity contribution in [2.24, 2.45) is 0 Å². The summed E-state index contributed by atoms with van der Waals surface area (Å²) in [7, 11) is 0. The Morgan fingerprint density at radius 3 is 1.15 bits per heavy atom. The first-order chi connectivity index (χ1) is 55.5. The van der Waals surface area contributed by atoms with Gasteiger partial charge < -0.3 is 23.6 Å². The maximum absolute atomic E-state index is 5.51. The summed E-state index contributed by atoms with van der Waals surface area (Å²) in [6.07, 6.45) is 6.49. The molecule has 0 bridgehead atoms. The zero-order valence-electron chi connectivity index (χ0n) is 60.5. The minimum absolute atomic E-state index is 0.600. The molecule has 0 fully saturated rings. The molecule has 1 N–H and O–H groups in total. The Labute approximate surface area is 644 Å². The molecule has 21 aromatic rings. The molecule has 0 atom stereocenters. The van der Waals surface area contributed by atoms with Crippen LogP contribution in [0.2, 0.25) is 0 Å². The number of aromatic nitrogens is 10. The molecule has 0 saturated heterocycles. The van der Waals surface area contributed by atoms with Gasteiger partial charge in [-0.15, -0.1) is 0 Å². The average Bonchev–Trinajstić information content (AvgIpc) is 1.58. The first kappa shape index (κ1) is 64.0. The fourth-order valence-corrected chi connectivity index (χ4v) is 16.8. The van der Waals surface area contributed by atoms with Gasteiger partial charge in [-0.2, -0.15) is 0 Å². The molecule has 112 heavy (non-hydrogen) atoms. The second kappa shape index (κ2) is 26.3. The Bertz CT molecular complexity index is 7230. The van der Waals surface area contributed by atoms with Crippen LogP contribution in [-0.4, -0.2) is 54.7 Å². The van der Waals surface area contributed by atoms with Crippen molar-refractivity contribution in [2.75, 3.05) is 11.9 Å². The highest BCUT2D eigenvalue weighted by Gasteiger charge is 2.25. The molecule has 0 unspecified atom stereocenters. The van der Waals surface area contributed by atoms with Crippen molar-refractivity contribution in [3.05, 3.63) is 376 Å². The summed E-state index contributed by atoms with van der Waals surface area (Å²) in [6.45, 7) is 0.735. The summed E-state index contributed by atoms with van der Waals surface area (Å²) < 4.78 is 9.59. The molecule has 0 radical (unpaired) electrons. The summed E-state index contributed by atoms with van der Waals surface area (Å²) in [5, 5.41) is 10.7. The van der Waals surface area contributed by atoms with Crippen LogP contribution in [0.25, 0.3) is 207 Å². The standard InChI is InChI=1S/C101H65N11/c1-7-24-64(25-8-1)86-62-87(105-98(104-86)65-26-9-2-10-27-65)73-32-21-38-78(54-73)112-94-59-71(68-43-48-81-80-40-19-20-41-88(80)109(90(81)56-68)76-34-15-5-16-35-76)47-52-85(94)97-95(112)61-75(63-103-97)72-45-50-83-82-49-44-69(57-91(82)110(92(83)60-72)77-36-17-6-18-37-77)70-46-51-84-93(58-70)111(89-42-23-53-102-96(84)89)79-39-22-33-74(55-79)101-107-99(66-28-11-3-12-29-66)106-100(108-101)67-30-13-4-14-31-67/h1-52,54-63,102H,53H2. The molecule has 7 aromatic heterocycles. The van der Waals surface area contributed by atoms with E-state index in [0.29, 0.717) is 23.3 Å². The van der Waals surface area contributed by atoms with Gasteiger partial charge >= 0.3 is 0 Å². The number of pyridine rings is 1. The largest absolute Gasteiger partial charge is 0.379 e. The van der Waals surface area contributed by atoms with E-state index in [1.54, 1.807) is 0 Å². The van der Waals surface area contributed by atoms with E-state index in [-0.39, 0.29) is 0 Å². The fraction of sp³-hybridized carbons (Fsp3) is 0.00990. The van der Waals surface area contributed by atoms with Crippen LogP contribution < -0.4 is 5.32 Å². The highest BCUT2D eigenvalue weighted by molar-refractivity contribution is 6.14. The van der Waals surface area contributed by atoms with Gasteiger partial charge in [0.1, 0.15) is 0 Å². The Balaban J connectivity index is 0.686. The lowest BCUT2D eigenvalue weighted by Crippen LogP contribution is -2.06. The summed E-state index contributed by atoms with van der Waals surface area (Å²) in [4.78, 5) is 31.3. The summed E-state index contributed by atoms with van der Waals surface area (Å²) in [6, 6.07) is 127. The van der Waals surface area contributed by atoms with Gasteiger partial charge in [0.15, 0.2) is 23.3 Å². The molecule has 14 aromatic carbocycles. The molecule has 0 amide bonds. The number of hydrogen-bond acceptors (Lipinski definition) is 7. The van der Waals surface area contributed by atoms with Gasteiger partial charge in [-0.05, 0) is 137 Å². The lowest BCUT2D eigenvalue weighted by molar-refractivity contribution is 1.07. The zero-order chi connectivity index (χ0) is 73.7. The van der Waals surface area contributed by atoms with E-state index in [2.05, 4.69) is 315 Å². The Hall–Kier alpha value is -15.2. The van der Waals surface area contributed by atoms with Crippen LogP contribution in [0.15, 0.2) is 370 Å². The molecule has 1 aliphatic heterocycles. The minimum atomic E-state index is 0.600. The molecule has 1 aliphatic rings. The van der Waals surface area contributed by atoms with E-state index in [1.807, 2.05) is 84.9 Å². The van der Waals surface area contributed by atoms with Gasteiger partial charge in [-0.1, -0.05) is 261 Å². The number of para-hydroxylation sites is 3. The molecular weight excluding hydrogens is 1370 g/mol. The van der Waals surface area contributed by atoms with Crippen molar-refractivity contribution >= 4 is 88.2 Å². The quantitative estimate of drug-likeness (QED) is 0.122. The predicted octanol–water partition coefficient (Wildman–Crippen LogP) is 24.7. The van der Waals surface area contributed by atoms with E-state index in [4.69, 9.17) is 29.9 Å². The van der Waals surface area contributed by atoms with Crippen molar-refractivity contribution < 1.29 is 0 Å². The molecule has 22 rings (SSSR count). The van der Waals surface area contributed by atoms with Crippen molar-refractivity contribution in [1.29, 1.82) is 0 Å². The second-order valence-corrected chi connectivity index (χ2v) is 28.7. The van der Waals surface area contributed by atoms with Crippen molar-refractivity contribution in [2.45, 2.75) is 0 Å². The number of nitrogens with zero attached hydrogens (tertiary/aromatic N) is 10. The smallest absolute Gasteiger partial charge is 0.164 e. The number of anilines is 1. The van der Waals surface area contributed by atoms with Crippen molar-refractivity contribution in [3.8, 4) is 124 Å². The van der Waals surface area contributed by atoms with Crippen LogP contribution in [-0.2, 0) is 0 Å². The molecule has 0 aliphatic carbocycles. The van der Waals surface area contributed by atoms with Gasteiger partial charge in [0.25, 0.3) is 0 Å². The zero-order valence-corrected chi connectivity index (χ0v) is 60.5. The average molecular weight is 1430 g/mol. The van der Waals surface area contributed by atoms with Crippen LogP contribution >= 0.6 is 0 Å². The number of fused-ring (bicyclic) bond motifs is 12. The number of benzene rings is 14. The molecule has 0 saturated carbocycles. The highest BCUT2D eigenvalue weighted by Crippen LogP contribution is 2.45. The number of rotatable bonds is 13. The van der Waals surface area contributed by atoms with Crippen molar-refractivity contribution in [1.82, 2.24) is 48.2 Å². The first-order valence-electron chi connectivity index (χ1n) is 37.9. The van der Waals surface area contributed by atoms with Gasteiger partial charge in [-0.3, -0.25) is 4.98 Å². The van der Waals surface area contributed by atoms with Crippen molar-refractivity contribution in [3.63, 3.8) is 0 Å². The maximum atomic E-state index is 5.51. The molecule has 11 heteroatoms. The monoisotopic (exact) mass is 1430 g/mol. The van der Waals surface area contributed by atoms with Gasteiger partial charge in [-0.25, -0.2) is 24.9 Å². The summed E-state index contributed by atoms with van der Waals surface area (Å²) in [5.41, 5.74) is 28.6. The normalized spacial score (nSPS) is 12.1. The van der Waals surface area contributed by atoms with Gasteiger partial charge in [0.2, 0.25) is 0 Å². The first-order valence-corrected chi connectivity index (χ1v) is 37.9. The van der Waals surface area contributed by atoms with Crippen LogP contribution in [0.1, 0.15) is 5.69 Å². The van der Waals surface area contributed by atoms with Gasteiger partial charge in [0.05, 0.1) is 66.9 Å². The maximum Gasteiger partial charge on any atom is 0.164 e. The molecule has 524 valence electrons. The number of hydrogen-bond donors (Lipinski definition) is 1. The highest BCUT2D eigenvalue weighted by atomic mass is 15.1. The molecule has 0 spiro atoms. The van der Waals surface area contributed by atoms with E-state index in [9.17, 15) is 0 Å². The predicted molar refractivity (Wildman–Crippen MR) is 460 cm³/mol. The molecule has 8 heterocycles. The lowest BCUT2D eigenvalue weighted by Gasteiger charge is -2.14. The fourth-order valence-electron chi connectivity index (χ4n) is 16.8. The minimum Gasteiger partial charge on any atom is -0.379 e. The molecule has 11 nitrogen and oxygen atoms in total. The topological polar surface area (TPSA) is 109 Å². The van der Waals surface area contributed by atoms with E-state index >= 15 is 0 Å². The second-order valence-electron chi connectivity index (χ2n) is 28.7. The van der Waals surface area contributed by atoms with E-state index in [0.717, 1.165) is 179 Å². The Morgan fingerprint density at radius 2 is 0.598 bits per heavy atom. The van der Waals surface area contributed by atoms with Crippen LogP contribution in [0.5, 0.6) is 0 Å². The third-order valence-electron chi connectivity index (χ3n) is 22.0. The Kier molecular flexibility index (Phi) is 15.1.